The smallest absolute Gasteiger partial charge is 0.235 e. The molecule has 0 spiro atoms. The molecule has 1 unspecified atom stereocenters. The van der Waals surface area contributed by atoms with Crippen molar-refractivity contribution in [3.05, 3.63) is 35.9 Å². The van der Waals surface area contributed by atoms with Crippen LogP contribution in [0.15, 0.2) is 30.3 Å². The Morgan fingerprint density at radius 3 is 2.65 bits per heavy atom. The molecule has 1 aromatic carbocycles. The van der Waals surface area contributed by atoms with Crippen LogP contribution in [0.25, 0.3) is 0 Å². The second-order valence-electron chi connectivity index (χ2n) is 5.79. The van der Waals surface area contributed by atoms with Crippen molar-refractivity contribution in [3.8, 4) is 0 Å². The number of amides is 1. The summed E-state index contributed by atoms with van der Waals surface area (Å²) >= 11 is 0. The SMILES string of the molecule is Cl.O=C(CS(=O)(=O)CCCc1ccccc1)NC1CCCNC1. The van der Waals surface area contributed by atoms with Crippen molar-refractivity contribution in [1.82, 2.24) is 10.6 Å². The molecular formula is C16H25ClN2O3S. The molecule has 1 aliphatic rings. The average molecular weight is 361 g/mol. The molecule has 1 atom stereocenters. The minimum Gasteiger partial charge on any atom is -0.351 e. The van der Waals surface area contributed by atoms with Crippen molar-refractivity contribution in [2.45, 2.75) is 31.7 Å². The van der Waals surface area contributed by atoms with Gasteiger partial charge >= 0.3 is 0 Å². The first-order chi connectivity index (χ1) is 10.6. The van der Waals surface area contributed by atoms with Crippen LogP contribution in [0.3, 0.4) is 0 Å². The van der Waals surface area contributed by atoms with Gasteiger partial charge in [-0.3, -0.25) is 4.79 Å². The number of nitrogens with one attached hydrogen (secondary N) is 2. The summed E-state index contributed by atoms with van der Waals surface area (Å²) in [5.74, 6) is -0.732. The summed E-state index contributed by atoms with van der Waals surface area (Å²) in [7, 11) is -3.33. The Balaban J connectivity index is 0.00000264. The molecule has 0 bridgehead atoms. The molecule has 23 heavy (non-hydrogen) atoms. The predicted molar refractivity (Wildman–Crippen MR) is 94.7 cm³/mol. The van der Waals surface area contributed by atoms with E-state index in [1.165, 1.54) is 0 Å². The van der Waals surface area contributed by atoms with E-state index in [9.17, 15) is 13.2 Å². The third-order valence-electron chi connectivity index (χ3n) is 3.78. The number of carbonyl (C=O) groups is 1. The molecule has 130 valence electrons. The van der Waals surface area contributed by atoms with E-state index < -0.39 is 15.6 Å². The second kappa shape index (κ2) is 9.90. The van der Waals surface area contributed by atoms with Crippen LogP contribution in [0.2, 0.25) is 0 Å². The molecule has 1 aromatic rings. The molecule has 5 nitrogen and oxygen atoms in total. The maximum absolute atomic E-state index is 12.0. The van der Waals surface area contributed by atoms with Crippen LogP contribution >= 0.6 is 12.4 Å². The Morgan fingerprint density at radius 1 is 1.26 bits per heavy atom. The third kappa shape index (κ3) is 7.81. The highest BCUT2D eigenvalue weighted by Crippen LogP contribution is 2.05. The summed E-state index contributed by atoms with van der Waals surface area (Å²) in [4.78, 5) is 11.8. The van der Waals surface area contributed by atoms with Crippen molar-refractivity contribution in [1.29, 1.82) is 0 Å². The van der Waals surface area contributed by atoms with Gasteiger partial charge in [0, 0.05) is 12.6 Å². The lowest BCUT2D eigenvalue weighted by Gasteiger charge is -2.23. The maximum atomic E-state index is 12.0. The fraction of sp³-hybridized carbons (Fsp3) is 0.562. The van der Waals surface area contributed by atoms with Gasteiger partial charge in [-0.1, -0.05) is 30.3 Å². The van der Waals surface area contributed by atoms with Gasteiger partial charge in [0.25, 0.3) is 0 Å². The number of rotatable bonds is 7. The van der Waals surface area contributed by atoms with E-state index in [0.717, 1.165) is 31.5 Å². The van der Waals surface area contributed by atoms with E-state index in [1.54, 1.807) is 0 Å². The topological polar surface area (TPSA) is 75.3 Å². The third-order valence-corrected chi connectivity index (χ3v) is 5.39. The number of sulfone groups is 1. The Labute approximate surface area is 144 Å². The molecule has 1 fully saturated rings. The molecule has 1 amide bonds. The number of benzene rings is 1. The van der Waals surface area contributed by atoms with Crippen molar-refractivity contribution >= 4 is 28.2 Å². The molecular weight excluding hydrogens is 336 g/mol. The number of hydrogen-bond acceptors (Lipinski definition) is 4. The van der Waals surface area contributed by atoms with Gasteiger partial charge in [0.15, 0.2) is 9.84 Å². The molecule has 7 heteroatoms. The second-order valence-corrected chi connectivity index (χ2v) is 7.98. The van der Waals surface area contributed by atoms with Gasteiger partial charge in [-0.15, -0.1) is 12.4 Å². The number of aryl methyl sites for hydroxylation is 1. The van der Waals surface area contributed by atoms with E-state index >= 15 is 0 Å². The summed E-state index contributed by atoms with van der Waals surface area (Å²) in [6, 6.07) is 9.83. The van der Waals surface area contributed by atoms with Gasteiger partial charge in [-0.05, 0) is 37.8 Å². The Hall–Kier alpha value is -1.11. The fourth-order valence-electron chi connectivity index (χ4n) is 2.66. The Bertz CT molecular complexity index is 572. The minimum atomic E-state index is -3.33. The van der Waals surface area contributed by atoms with Crippen LogP contribution < -0.4 is 10.6 Å². The minimum absolute atomic E-state index is 0. The van der Waals surface area contributed by atoms with E-state index in [-0.39, 0.29) is 30.1 Å². The summed E-state index contributed by atoms with van der Waals surface area (Å²) in [5.41, 5.74) is 1.12. The molecule has 2 N–H and O–H groups in total. The van der Waals surface area contributed by atoms with Crippen LogP contribution in [0.4, 0.5) is 0 Å². The maximum Gasteiger partial charge on any atom is 0.235 e. The first kappa shape index (κ1) is 19.9. The fourth-order valence-corrected chi connectivity index (χ4v) is 3.87. The van der Waals surface area contributed by atoms with Crippen LogP contribution in [0, 0.1) is 0 Å². The van der Waals surface area contributed by atoms with E-state index in [2.05, 4.69) is 10.6 Å². The monoisotopic (exact) mass is 360 g/mol. The van der Waals surface area contributed by atoms with Crippen LogP contribution in [-0.4, -0.2) is 45.0 Å². The number of carbonyl (C=O) groups excluding carboxylic acids is 1. The highest BCUT2D eigenvalue weighted by molar-refractivity contribution is 7.92. The zero-order valence-corrected chi connectivity index (χ0v) is 14.8. The largest absolute Gasteiger partial charge is 0.351 e. The Morgan fingerprint density at radius 2 is 2.00 bits per heavy atom. The summed E-state index contributed by atoms with van der Waals surface area (Å²) < 4.78 is 24.0. The molecule has 0 aliphatic carbocycles. The standard InChI is InChI=1S/C16H24N2O3S.ClH/c19-16(18-15-9-4-10-17-12-15)13-22(20,21)11-5-8-14-6-2-1-3-7-14;/h1-3,6-7,15,17H,4-5,8-13H2,(H,18,19);1H. The predicted octanol–water partition coefficient (Wildman–Crippen LogP) is 1.32. The lowest BCUT2D eigenvalue weighted by molar-refractivity contribution is -0.119. The molecule has 1 heterocycles. The number of halogens is 1. The van der Waals surface area contributed by atoms with E-state index in [4.69, 9.17) is 0 Å². The summed E-state index contributed by atoms with van der Waals surface area (Å²) in [6.07, 6.45) is 3.18. The summed E-state index contributed by atoms with van der Waals surface area (Å²) in [5, 5.41) is 5.99. The molecule has 0 radical (unpaired) electrons. The average Bonchev–Trinajstić information content (AvgIpc) is 2.48. The van der Waals surface area contributed by atoms with Gasteiger partial charge in [0.2, 0.25) is 5.91 Å². The number of piperidine rings is 1. The molecule has 1 aliphatic heterocycles. The van der Waals surface area contributed by atoms with Gasteiger partial charge in [-0.2, -0.15) is 0 Å². The van der Waals surface area contributed by atoms with Crippen LogP contribution in [-0.2, 0) is 21.1 Å². The highest BCUT2D eigenvalue weighted by Gasteiger charge is 2.20. The van der Waals surface area contributed by atoms with Crippen molar-refractivity contribution < 1.29 is 13.2 Å². The van der Waals surface area contributed by atoms with Crippen LogP contribution in [0.1, 0.15) is 24.8 Å². The zero-order valence-electron chi connectivity index (χ0n) is 13.2. The van der Waals surface area contributed by atoms with Gasteiger partial charge < -0.3 is 10.6 Å². The van der Waals surface area contributed by atoms with Crippen molar-refractivity contribution in [2.24, 2.45) is 0 Å². The van der Waals surface area contributed by atoms with Gasteiger partial charge in [-0.25, -0.2) is 8.42 Å². The van der Waals surface area contributed by atoms with E-state index in [0.29, 0.717) is 12.8 Å². The van der Waals surface area contributed by atoms with E-state index in [1.807, 2.05) is 30.3 Å². The van der Waals surface area contributed by atoms with Gasteiger partial charge in [0.1, 0.15) is 5.75 Å². The molecule has 0 aromatic heterocycles. The van der Waals surface area contributed by atoms with Crippen LogP contribution in [0.5, 0.6) is 0 Å². The molecule has 1 saturated heterocycles. The number of hydrogen-bond donors (Lipinski definition) is 2. The van der Waals surface area contributed by atoms with Gasteiger partial charge in [0.05, 0.1) is 5.75 Å². The molecule has 0 saturated carbocycles. The lowest BCUT2D eigenvalue weighted by atomic mass is 10.1. The quantitative estimate of drug-likeness (QED) is 0.769. The van der Waals surface area contributed by atoms with Crippen molar-refractivity contribution in [3.63, 3.8) is 0 Å². The summed E-state index contributed by atoms with van der Waals surface area (Å²) in [6.45, 7) is 1.68. The van der Waals surface area contributed by atoms with Crippen molar-refractivity contribution in [2.75, 3.05) is 24.6 Å². The first-order valence-electron chi connectivity index (χ1n) is 7.79. The first-order valence-corrected chi connectivity index (χ1v) is 9.62. The normalized spacial score (nSPS) is 18.0. The lowest BCUT2D eigenvalue weighted by Crippen LogP contribution is -2.47. The zero-order chi connectivity index (χ0) is 15.8. The Kier molecular flexibility index (Phi) is 8.58. The highest BCUT2D eigenvalue weighted by atomic mass is 35.5. The molecule has 2 rings (SSSR count).